The van der Waals surface area contributed by atoms with Crippen LogP contribution in [0.25, 0.3) is 0 Å². The molecule has 3 heteroatoms. The number of aliphatic hydroxyl groups is 1. The normalized spacial score (nSPS) is 22.9. The third-order valence-electron chi connectivity index (χ3n) is 3.18. The number of aryl methyl sites for hydroxylation is 1. The van der Waals surface area contributed by atoms with Gasteiger partial charge in [0.05, 0.1) is 6.10 Å². The summed E-state index contributed by atoms with van der Waals surface area (Å²) in [5.74, 6) is 0.809. The molecule has 0 aliphatic carbocycles. The predicted molar refractivity (Wildman–Crippen MR) is 68.4 cm³/mol. The molecule has 2 aromatic rings. The molecular weight excluding hydrogens is 232 g/mol. The zero-order valence-corrected chi connectivity index (χ0v) is 10.4. The van der Waals surface area contributed by atoms with Gasteiger partial charge in [0.25, 0.3) is 0 Å². The van der Waals surface area contributed by atoms with Crippen LogP contribution in [-0.2, 0) is 0 Å². The van der Waals surface area contributed by atoms with Gasteiger partial charge in [0.1, 0.15) is 11.9 Å². The Balaban J connectivity index is 1.96. The lowest BCUT2D eigenvalue weighted by atomic mass is 9.97. The van der Waals surface area contributed by atoms with E-state index in [0.717, 1.165) is 11.3 Å². The Hall–Kier alpha value is -1.32. The molecule has 1 aromatic carbocycles. The van der Waals surface area contributed by atoms with Gasteiger partial charge in [0, 0.05) is 16.9 Å². The van der Waals surface area contributed by atoms with Gasteiger partial charge in [-0.15, -0.1) is 11.3 Å². The molecule has 0 radical (unpaired) electrons. The summed E-state index contributed by atoms with van der Waals surface area (Å²) in [5.41, 5.74) is 2.14. The molecule has 1 aliphatic heterocycles. The molecule has 0 saturated carbocycles. The lowest BCUT2D eigenvalue weighted by molar-refractivity contribution is 0.0672. The molecule has 1 aromatic heterocycles. The summed E-state index contributed by atoms with van der Waals surface area (Å²) in [7, 11) is 0. The fourth-order valence-electron chi connectivity index (χ4n) is 2.27. The van der Waals surface area contributed by atoms with Crippen LogP contribution < -0.4 is 4.74 Å². The number of thiophene rings is 1. The van der Waals surface area contributed by atoms with E-state index in [2.05, 4.69) is 18.4 Å². The quantitative estimate of drug-likeness (QED) is 0.832. The molecule has 2 unspecified atom stereocenters. The Morgan fingerprint density at radius 2 is 2.12 bits per heavy atom. The van der Waals surface area contributed by atoms with E-state index in [9.17, 15) is 5.11 Å². The zero-order chi connectivity index (χ0) is 11.8. The molecule has 88 valence electrons. The van der Waals surface area contributed by atoms with Gasteiger partial charge in [-0.2, -0.15) is 0 Å². The van der Waals surface area contributed by atoms with Crippen LogP contribution in [0.5, 0.6) is 5.75 Å². The molecule has 2 nitrogen and oxygen atoms in total. The van der Waals surface area contributed by atoms with Gasteiger partial charge in [-0.3, -0.25) is 0 Å². The summed E-state index contributed by atoms with van der Waals surface area (Å²) in [6, 6.07) is 9.82. The molecule has 2 heterocycles. The van der Waals surface area contributed by atoms with E-state index in [1.807, 2.05) is 24.3 Å². The predicted octanol–water partition coefficient (Wildman–Crippen LogP) is 3.61. The molecule has 1 aliphatic rings. The van der Waals surface area contributed by atoms with Crippen LogP contribution in [0.4, 0.5) is 0 Å². The molecular formula is C14H14O2S. The van der Waals surface area contributed by atoms with E-state index in [-0.39, 0.29) is 6.10 Å². The van der Waals surface area contributed by atoms with Gasteiger partial charge < -0.3 is 9.84 Å². The Morgan fingerprint density at radius 1 is 1.29 bits per heavy atom. The molecule has 2 atom stereocenters. The lowest BCUT2D eigenvalue weighted by Crippen LogP contribution is -2.18. The number of rotatable bonds is 1. The highest BCUT2D eigenvalue weighted by Gasteiger charge is 2.29. The summed E-state index contributed by atoms with van der Waals surface area (Å²) < 4.78 is 5.98. The summed E-state index contributed by atoms with van der Waals surface area (Å²) in [4.78, 5) is 1.22. The number of benzene rings is 1. The van der Waals surface area contributed by atoms with Crippen molar-refractivity contribution in [2.75, 3.05) is 0 Å². The number of ether oxygens (including phenoxy) is 1. The second-order valence-electron chi connectivity index (χ2n) is 4.36. The minimum absolute atomic E-state index is 0.0140. The Morgan fingerprint density at radius 3 is 2.88 bits per heavy atom. The molecule has 0 saturated heterocycles. The first-order valence-corrected chi connectivity index (χ1v) is 6.61. The zero-order valence-electron chi connectivity index (χ0n) is 9.59. The second kappa shape index (κ2) is 4.17. The van der Waals surface area contributed by atoms with Gasteiger partial charge in [-0.05, 0) is 30.0 Å². The van der Waals surface area contributed by atoms with Gasteiger partial charge in [0.15, 0.2) is 0 Å². The Bertz CT molecular complexity index is 533. The van der Waals surface area contributed by atoms with E-state index >= 15 is 0 Å². The Labute approximate surface area is 104 Å². The third kappa shape index (κ3) is 1.85. The van der Waals surface area contributed by atoms with Crippen molar-refractivity contribution in [2.45, 2.75) is 25.6 Å². The van der Waals surface area contributed by atoms with Crippen molar-refractivity contribution in [3.8, 4) is 5.75 Å². The van der Waals surface area contributed by atoms with Crippen LogP contribution in [0.1, 0.15) is 34.6 Å². The smallest absolute Gasteiger partial charge is 0.136 e. The Kier molecular flexibility index (Phi) is 2.65. The minimum Gasteiger partial charge on any atom is -0.484 e. The maximum Gasteiger partial charge on any atom is 0.136 e. The highest BCUT2D eigenvalue weighted by atomic mass is 32.1. The summed E-state index contributed by atoms with van der Waals surface area (Å²) in [6.07, 6.45) is 0.199. The van der Waals surface area contributed by atoms with Crippen LogP contribution in [0.3, 0.4) is 0 Å². The van der Waals surface area contributed by atoms with E-state index < -0.39 is 6.10 Å². The van der Waals surface area contributed by atoms with Gasteiger partial charge >= 0.3 is 0 Å². The van der Waals surface area contributed by atoms with Crippen molar-refractivity contribution in [1.82, 2.24) is 0 Å². The van der Waals surface area contributed by atoms with Crippen LogP contribution in [-0.4, -0.2) is 5.11 Å². The van der Waals surface area contributed by atoms with E-state index in [0.29, 0.717) is 6.42 Å². The molecule has 17 heavy (non-hydrogen) atoms. The van der Waals surface area contributed by atoms with Crippen molar-refractivity contribution in [2.24, 2.45) is 0 Å². The monoisotopic (exact) mass is 246 g/mol. The first kappa shape index (κ1) is 10.8. The largest absolute Gasteiger partial charge is 0.484 e. The minimum atomic E-state index is -0.425. The molecule has 0 spiro atoms. The first-order chi connectivity index (χ1) is 8.25. The first-order valence-electron chi connectivity index (χ1n) is 5.73. The van der Waals surface area contributed by atoms with Crippen molar-refractivity contribution >= 4 is 11.3 Å². The molecule has 1 N–H and O–H groups in total. The summed E-state index contributed by atoms with van der Waals surface area (Å²) >= 11 is 1.70. The van der Waals surface area contributed by atoms with Crippen LogP contribution in [0.2, 0.25) is 0 Å². The number of para-hydroxylation sites is 1. The second-order valence-corrected chi connectivity index (χ2v) is 5.31. The molecule has 0 bridgehead atoms. The van der Waals surface area contributed by atoms with Crippen molar-refractivity contribution in [3.63, 3.8) is 0 Å². The average molecular weight is 246 g/mol. The van der Waals surface area contributed by atoms with Crippen LogP contribution in [0.15, 0.2) is 35.7 Å². The summed E-state index contributed by atoms with van der Waals surface area (Å²) in [5, 5.41) is 12.2. The van der Waals surface area contributed by atoms with Crippen LogP contribution >= 0.6 is 11.3 Å². The van der Waals surface area contributed by atoms with E-state index in [4.69, 9.17) is 4.74 Å². The van der Waals surface area contributed by atoms with Crippen LogP contribution in [0, 0.1) is 6.92 Å². The number of aliphatic hydroxyl groups excluding tert-OH is 1. The van der Waals surface area contributed by atoms with E-state index in [1.165, 1.54) is 10.4 Å². The molecule has 0 amide bonds. The van der Waals surface area contributed by atoms with Gasteiger partial charge in [0.2, 0.25) is 0 Å². The van der Waals surface area contributed by atoms with Crippen molar-refractivity contribution < 1.29 is 9.84 Å². The lowest BCUT2D eigenvalue weighted by Gasteiger charge is -2.29. The fraction of sp³-hybridized carbons (Fsp3) is 0.286. The van der Waals surface area contributed by atoms with Crippen molar-refractivity contribution in [1.29, 1.82) is 0 Å². The number of hydrogen-bond acceptors (Lipinski definition) is 3. The highest BCUT2D eigenvalue weighted by Crippen LogP contribution is 2.42. The SMILES string of the molecule is Cc1ccsc1C1CC(O)c2ccccc2O1. The van der Waals surface area contributed by atoms with Gasteiger partial charge in [-0.25, -0.2) is 0 Å². The topological polar surface area (TPSA) is 29.5 Å². The average Bonchev–Trinajstić information content (AvgIpc) is 2.75. The van der Waals surface area contributed by atoms with E-state index in [1.54, 1.807) is 11.3 Å². The highest BCUT2D eigenvalue weighted by molar-refractivity contribution is 7.10. The standard InChI is InChI=1S/C14H14O2S/c1-9-6-7-17-14(9)13-8-11(15)10-4-2-3-5-12(10)16-13/h2-7,11,13,15H,8H2,1H3. The maximum absolute atomic E-state index is 10.1. The molecule has 3 rings (SSSR count). The van der Waals surface area contributed by atoms with Gasteiger partial charge in [-0.1, -0.05) is 18.2 Å². The van der Waals surface area contributed by atoms with Crippen molar-refractivity contribution in [3.05, 3.63) is 51.7 Å². The molecule has 0 fully saturated rings. The summed E-state index contributed by atoms with van der Waals surface area (Å²) in [6.45, 7) is 2.09. The number of hydrogen-bond donors (Lipinski definition) is 1. The fourth-order valence-corrected chi connectivity index (χ4v) is 3.24. The third-order valence-corrected chi connectivity index (χ3v) is 4.29. The maximum atomic E-state index is 10.1. The number of fused-ring (bicyclic) bond motifs is 1.